The molecule has 1 amide bonds. The molecule has 3 fully saturated rings. The third-order valence-electron chi connectivity index (χ3n) is 4.82. The molecule has 1 saturated carbocycles. The molecule has 2 heterocycles. The van der Waals surface area contributed by atoms with Gasteiger partial charge < -0.3 is 9.64 Å². The van der Waals surface area contributed by atoms with Crippen LogP contribution in [0.4, 0.5) is 0 Å². The van der Waals surface area contributed by atoms with Gasteiger partial charge in [0.1, 0.15) is 5.75 Å². The van der Waals surface area contributed by atoms with Crippen molar-refractivity contribution < 1.29 is 17.9 Å². The third-order valence-corrected chi connectivity index (χ3v) is 8.07. The highest BCUT2D eigenvalue weighted by Gasteiger charge is 2.49. The molecule has 4 rings (SSSR count). The lowest BCUT2D eigenvalue weighted by Crippen LogP contribution is -2.37. The van der Waals surface area contributed by atoms with Gasteiger partial charge in [0.15, 0.2) is 15.0 Å². The highest BCUT2D eigenvalue weighted by atomic mass is 32.2. The molecule has 3 aliphatic rings. The topological polar surface area (TPSA) is 76.0 Å². The van der Waals surface area contributed by atoms with E-state index < -0.39 is 9.84 Å². The first kappa shape index (κ1) is 16.9. The van der Waals surface area contributed by atoms with Crippen molar-refractivity contribution in [3.8, 4) is 5.75 Å². The van der Waals surface area contributed by atoms with Gasteiger partial charge in [-0.2, -0.15) is 4.99 Å². The number of methoxy groups -OCH3 is 1. The summed E-state index contributed by atoms with van der Waals surface area (Å²) in [6.45, 7) is 0.546. The number of hydrogen-bond acceptors (Lipinski definition) is 5. The molecule has 1 aromatic carbocycles. The van der Waals surface area contributed by atoms with Crippen molar-refractivity contribution in [1.82, 2.24) is 4.90 Å². The third kappa shape index (κ3) is 3.55. The maximum Gasteiger partial charge on any atom is 0.251 e. The molecule has 0 N–H and O–H groups in total. The first-order chi connectivity index (χ1) is 11.9. The van der Waals surface area contributed by atoms with Gasteiger partial charge in [-0.15, -0.1) is 0 Å². The average Bonchev–Trinajstić information content (AvgIpc) is 3.32. The van der Waals surface area contributed by atoms with Crippen LogP contribution in [0.25, 0.3) is 0 Å². The van der Waals surface area contributed by atoms with Crippen molar-refractivity contribution in [3.05, 3.63) is 29.8 Å². The minimum absolute atomic E-state index is 0.0333. The summed E-state index contributed by atoms with van der Waals surface area (Å²) >= 11 is 1.44. The van der Waals surface area contributed by atoms with Crippen LogP contribution in [0, 0.1) is 5.92 Å². The Balaban J connectivity index is 1.59. The van der Waals surface area contributed by atoms with Gasteiger partial charge in [0, 0.05) is 17.7 Å². The summed E-state index contributed by atoms with van der Waals surface area (Å²) in [5, 5.41) is 0.645. The first-order valence-corrected chi connectivity index (χ1v) is 11.0. The molecule has 8 heteroatoms. The van der Waals surface area contributed by atoms with E-state index in [2.05, 4.69) is 4.99 Å². The van der Waals surface area contributed by atoms with Crippen molar-refractivity contribution in [2.75, 3.05) is 18.6 Å². The molecule has 0 spiro atoms. The number of hydrogen-bond donors (Lipinski definition) is 0. The number of sulfone groups is 1. The van der Waals surface area contributed by atoms with Gasteiger partial charge in [-0.3, -0.25) is 4.79 Å². The van der Waals surface area contributed by atoms with E-state index in [0.29, 0.717) is 11.7 Å². The molecule has 2 atom stereocenters. The van der Waals surface area contributed by atoms with E-state index in [1.165, 1.54) is 11.8 Å². The van der Waals surface area contributed by atoms with Gasteiger partial charge in [-0.1, -0.05) is 23.9 Å². The van der Waals surface area contributed by atoms with Gasteiger partial charge in [0.25, 0.3) is 5.91 Å². The number of carbonyl (C=O) groups excluding carboxylic acids is 1. The summed E-state index contributed by atoms with van der Waals surface area (Å²) in [6, 6.07) is 7.57. The lowest BCUT2D eigenvalue weighted by molar-refractivity contribution is -0.118. The molecule has 0 aromatic heterocycles. The van der Waals surface area contributed by atoms with Crippen LogP contribution >= 0.6 is 11.8 Å². The maximum atomic E-state index is 12.1. The maximum absolute atomic E-state index is 12.1. The van der Waals surface area contributed by atoms with E-state index in [0.717, 1.165) is 24.2 Å². The molecule has 2 saturated heterocycles. The van der Waals surface area contributed by atoms with Gasteiger partial charge in [-0.05, 0) is 30.5 Å². The van der Waals surface area contributed by atoms with Crippen LogP contribution < -0.4 is 4.74 Å². The van der Waals surface area contributed by atoms with E-state index in [9.17, 15) is 13.2 Å². The lowest BCUT2D eigenvalue weighted by Gasteiger charge is -2.24. The summed E-state index contributed by atoms with van der Waals surface area (Å²) in [6.07, 6.45) is 1.83. The molecular weight excluding hydrogens is 360 g/mol. The number of aliphatic imine (C=N–C) groups is 1. The van der Waals surface area contributed by atoms with E-state index in [1.54, 1.807) is 7.11 Å². The molecule has 0 bridgehead atoms. The fourth-order valence-electron chi connectivity index (χ4n) is 3.26. The number of carbonyl (C=O) groups is 1. The summed E-state index contributed by atoms with van der Waals surface area (Å²) in [5.74, 6) is 1.08. The average molecular weight is 380 g/mol. The zero-order valence-electron chi connectivity index (χ0n) is 13.9. The Bertz CT molecular complexity index is 816. The molecule has 0 unspecified atom stereocenters. The number of fused-ring (bicyclic) bond motifs is 1. The van der Waals surface area contributed by atoms with Crippen LogP contribution in [0.15, 0.2) is 29.3 Å². The van der Waals surface area contributed by atoms with Crippen molar-refractivity contribution in [2.45, 2.75) is 30.7 Å². The van der Waals surface area contributed by atoms with E-state index >= 15 is 0 Å². The van der Waals surface area contributed by atoms with E-state index in [4.69, 9.17) is 4.74 Å². The minimum Gasteiger partial charge on any atom is -0.497 e. The Kier molecular flexibility index (Phi) is 4.27. The Labute approximate surface area is 151 Å². The highest BCUT2D eigenvalue weighted by Crippen LogP contribution is 2.40. The molecular formula is C17H20N2O4S2. The zero-order valence-corrected chi connectivity index (χ0v) is 15.6. The molecule has 2 aliphatic heterocycles. The second-order valence-corrected chi connectivity index (χ2v) is 10.1. The minimum atomic E-state index is -3.02. The van der Waals surface area contributed by atoms with Crippen LogP contribution in [0.1, 0.15) is 18.4 Å². The van der Waals surface area contributed by atoms with Gasteiger partial charge in [0.05, 0.1) is 24.7 Å². The molecule has 0 radical (unpaired) electrons. The molecule has 1 aromatic rings. The lowest BCUT2D eigenvalue weighted by atomic mass is 10.1. The number of rotatable bonds is 4. The second-order valence-electron chi connectivity index (χ2n) is 6.78. The number of ether oxygens (including phenoxy) is 1. The van der Waals surface area contributed by atoms with Crippen molar-refractivity contribution in [3.63, 3.8) is 0 Å². The van der Waals surface area contributed by atoms with Crippen LogP contribution in [-0.2, 0) is 21.2 Å². The number of amides is 1. The predicted octanol–water partition coefficient (Wildman–Crippen LogP) is 1.70. The van der Waals surface area contributed by atoms with Crippen molar-refractivity contribution >= 4 is 32.7 Å². The summed E-state index contributed by atoms with van der Waals surface area (Å²) < 4.78 is 29.2. The SMILES string of the molecule is COc1ccc(CN2C(=NC(=O)C3CC3)S[C@@H]3CS(=O)(=O)C[C@H]32)cc1. The van der Waals surface area contributed by atoms with Crippen molar-refractivity contribution in [1.29, 1.82) is 0 Å². The van der Waals surface area contributed by atoms with Gasteiger partial charge >= 0.3 is 0 Å². The van der Waals surface area contributed by atoms with E-state index in [1.807, 2.05) is 29.2 Å². The standard InChI is InChI=1S/C17H20N2O4S2/c1-23-13-6-2-11(3-7-13)8-19-14-9-25(21,22)10-15(14)24-17(19)18-16(20)12-4-5-12/h2-3,6-7,12,14-15H,4-5,8-10H2,1H3/t14-,15-/m1/s1. The first-order valence-electron chi connectivity index (χ1n) is 8.34. The second kappa shape index (κ2) is 6.32. The Hall–Kier alpha value is -1.54. The Morgan fingerprint density at radius 3 is 2.64 bits per heavy atom. The number of amidine groups is 1. The van der Waals surface area contributed by atoms with E-state index in [-0.39, 0.29) is 34.6 Å². The monoisotopic (exact) mass is 380 g/mol. The summed E-state index contributed by atoms with van der Waals surface area (Å²) in [5.41, 5.74) is 1.04. The van der Waals surface area contributed by atoms with Crippen LogP contribution in [0.2, 0.25) is 0 Å². The van der Waals surface area contributed by atoms with Crippen LogP contribution in [0.5, 0.6) is 5.75 Å². The van der Waals surface area contributed by atoms with Crippen molar-refractivity contribution in [2.24, 2.45) is 10.9 Å². The molecule has 6 nitrogen and oxygen atoms in total. The number of thioether (sulfide) groups is 1. The van der Waals surface area contributed by atoms with Gasteiger partial charge in [-0.25, -0.2) is 8.42 Å². The Morgan fingerprint density at radius 1 is 1.28 bits per heavy atom. The summed E-state index contributed by atoms with van der Waals surface area (Å²) in [4.78, 5) is 18.5. The van der Waals surface area contributed by atoms with Gasteiger partial charge in [0.2, 0.25) is 0 Å². The fourth-order valence-corrected chi connectivity index (χ4v) is 7.22. The quantitative estimate of drug-likeness (QED) is 0.791. The molecule has 1 aliphatic carbocycles. The molecule has 134 valence electrons. The fraction of sp³-hybridized carbons (Fsp3) is 0.529. The predicted molar refractivity (Wildman–Crippen MR) is 97.5 cm³/mol. The number of benzene rings is 1. The highest BCUT2D eigenvalue weighted by molar-refractivity contribution is 8.15. The zero-order chi connectivity index (χ0) is 17.6. The van der Waals surface area contributed by atoms with Crippen LogP contribution in [-0.4, -0.2) is 54.3 Å². The molecule has 25 heavy (non-hydrogen) atoms. The summed E-state index contributed by atoms with van der Waals surface area (Å²) in [7, 11) is -1.40. The van der Waals surface area contributed by atoms with Crippen LogP contribution in [0.3, 0.4) is 0 Å². The normalized spacial score (nSPS) is 29.0. The largest absolute Gasteiger partial charge is 0.497 e. The smallest absolute Gasteiger partial charge is 0.251 e. The number of nitrogens with zero attached hydrogens (tertiary/aromatic N) is 2. The Morgan fingerprint density at radius 2 is 2.00 bits per heavy atom.